The molecule has 4 rings (SSSR count). The molecule has 1 saturated heterocycles. The molecule has 2 aromatic heterocycles. The first-order valence-electron chi connectivity index (χ1n) is 9.75. The summed E-state index contributed by atoms with van der Waals surface area (Å²) in [5.74, 6) is -0.520. The van der Waals surface area contributed by atoms with E-state index in [1.165, 1.54) is 11.3 Å². The molecule has 0 aliphatic carbocycles. The van der Waals surface area contributed by atoms with Gasteiger partial charge in [0.05, 0.1) is 22.5 Å². The van der Waals surface area contributed by atoms with Crippen LogP contribution in [-0.2, 0) is 0 Å². The number of rotatable bonds is 4. The average molecular weight is 425 g/mol. The van der Waals surface area contributed by atoms with Gasteiger partial charge in [-0.25, -0.2) is 4.98 Å². The van der Waals surface area contributed by atoms with Crippen LogP contribution < -0.4 is 21.3 Å². The first-order valence-corrected chi connectivity index (χ1v) is 10.6. The molecule has 1 fully saturated rings. The number of aromatic nitrogens is 1. The standard InChI is InChI=1S/C21H24N6O2S/c1-13(25-29)14-3-5-15(6-4-14)26-9-2-10-27(12-11-26)16-7-8-24-21-17(16)18(22)19(30-21)20(23)28/h3-8,29H,2,9-12,22H2,1H3,(H2,23,28)/b25-13+. The number of nitrogen functional groups attached to an aromatic ring is 1. The summed E-state index contributed by atoms with van der Waals surface area (Å²) in [4.78, 5) is 21.8. The quantitative estimate of drug-likeness (QED) is 0.336. The lowest BCUT2D eigenvalue weighted by atomic mass is 10.1. The largest absolute Gasteiger partial charge is 0.411 e. The van der Waals surface area contributed by atoms with Gasteiger partial charge in [0.15, 0.2) is 0 Å². The Morgan fingerprint density at radius 3 is 2.53 bits per heavy atom. The van der Waals surface area contributed by atoms with E-state index in [0.29, 0.717) is 16.3 Å². The zero-order valence-electron chi connectivity index (χ0n) is 16.7. The summed E-state index contributed by atoms with van der Waals surface area (Å²) < 4.78 is 0. The minimum Gasteiger partial charge on any atom is -0.411 e. The van der Waals surface area contributed by atoms with Crippen molar-refractivity contribution in [2.24, 2.45) is 10.9 Å². The number of oxime groups is 1. The molecule has 1 aromatic carbocycles. The van der Waals surface area contributed by atoms with Crippen LogP contribution >= 0.6 is 11.3 Å². The topological polar surface area (TPSA) is 121 Å². The summed E-state index contributed by atoms with van der Waals surface area (Å²) in [5.41, 5.74) is 15.8. The summed E-state index contributed by atoms with van der Waals surface area (Å²) in [7, 11) is 0. The van der Waals surface area contributed by atoms with Crippen molar-refractivity contribution in [3.8, 4) is 0 Å². The van der Waals surface area contributed by atoms with E-state index in [9.17, 15) is 4.79 Å². The Labute approximate surface area is 178 Å². The van der Waals surface area contributed by atoms with E-state index in [-0.39, 0.29) is 0 Å². The van der Waals surface area contributed by atoms with Crippen molar-refractivity contribution in [3.63, 3.8) is 0 Å². The van der Waals surface area contributed by atoms with Gasteiger partial charge in [0.2, 0.25) is 0 Å². The predicted molar refractivity (Wildman–Crippen MR) is 122 cm³/mol. The fourth-order valence-corrected chi connectivity index (χ4v) is 4.80. The van der Waals surface area contributed by atoms with Crippen LogP contribution in [0.4, 0.5) is 17.1 Å². The number of hydrogen-bond donors (Lipinski definition) is 3. The Balaban J connectivity index is 1.57. The number of hydrogen-bond acceptors (Lipinski definition) is 8. The number of nitrogens with two attached hydrogens (primary N) is 2. The van der Waals surface area contributed by atoms with Crippen molar-refractivity contribution in [1.82, 2.24) is 4.98 Å². The van der Waals surface area contributed by atoms with Crippen molar-refractivity contribution >= 4 is 50.2 Å². The van der Waals surface area contributed by atoms with E-state index < -0.39 is 5.91 Å². The smallest absolute Gasteiger partial charge is 0.260 e. The van der Waals surface area contributed by atoms with Crippen LogP contribution in [0.3, 0.4) is 0 Å². The highest BCUT2D eigenvalue weighted by Crippen LogP contribution is 2.38. The minimum atomic E-state index is -0.520. The number of carbonyl (C=O) groups is 1. The van der Waals surface area contributed by atoms with E-state index >= 15 is 0 Å². The Morgan fingerprint density at radius 2 is 1.83 bits per heavy atom. The molecular weight excluding hydrogens is 400 g/mol. The van der Waals surface area contributed by atoms with Gasteiger partial charge in [-0.3, -0.25) is 4.79 Å². The van der Waals surface area contributed by atoms with Gasteiger partial charge in [-0.2, -0.15) is 0 Å². The molecule has 1 aliphatic rings. The summed E-state index contributed by atoms with van der Waals surface area (Å²) in [5, 5.41) is 13.0. The normalized spacial score (nSPS) is 15.4. The molecule has 0 saturated carbocycles. The third-order valence-corrected chi connectivity index (χ3v) is 6.60. The fourth-order valence-electron chi connectivity index (χ4n) is 3.86. The van der Waals surface area contributed by atoms with Gasteiger partial charge in [0.25, 0.3) is 5.91 Å². The zero-order valence-corrected chi connectivity index (χ0v) is 17.5. The van der Waals surface area contributed by atoms with Gasteiger partial charge in [-0.1, -0.05) is 17.3 Å². The van der Waals surface area contributed by atoms with E-state index in [2.05, 4.69) is 32.1 Å². The molecule has 1 aliphatic heterocycles. The molecule has 3 heterocycles. The van der Waals surface area contributed by atoms with Crippen molar-refractivity contribution in [1.29, 1.82) is 0 Å². The van der Waals surface area contributed by atoms with E-state index in [0.717, 1.165) is 59.8 Å². The van der Waals surface area contributed by atoms with Crippen LogP contribution in [-0.4, -0.2) is 48.0 Å². The molecule has 9 heteroatoms. The third-order valence-electron chi connectivity index (χ3n) is 5.47. The number of thiophene rings is 1. The highest BCUT2D eigenvalue weighted by Gasteiger charge is 2.22. The summed E-state index contributed by atoms with van der Waals surface area (Å²) in [6.45, 7) is 5.25. The second-order valence-corrected chi connectivity index (χ2v) is 8.28. The predicted octanol–water partition coefficient (Wildman–Crippen LogP) is 2.89. The Morgan fingerprint density at radius 1 is 1.13 bits per heavy atom. The summed E-state index contributed by atoms with van der Waals surface area (Å²) >= 11 is 1.24. The Hall–Kier alpha value is -3.33. The van der Waals surface area contributed by atoms with Crippen LogP contribution in [0.5, 0.6) is 0 Å². The van der Waals surface area contributed by atoms with Crippen LogP contribution in [0.15, 0.2) is 41.7 Å². The Kier molecular flexibility index (Phi) is 5.45. The highest BCUT2D eigenvalue weighted by molar-refractivity contribution is 7.21. The lowest BCUT2D eigenvalue weighted by molar-refractivity contribution is 0.100. The Bertz CT molecular complexity index is 1110. The summed E-state index contributed by atoms with van der Waals surface area (Å²) in [6, 6.07) is 10.0. The van der Waals surface area contributed by atoms with Crippen molar-refractivity contribution in [3.05, 3.63) is 47.0 Å². The lowest BCUT2D eigenvalue weighted by Crippen LogP contribution is -2.30. The van der Waals surface area contributed by atoms with Gasteiger partial charge in [-0.05, 0) is 37.1 Å². The van der Waals surface area contributed by atoms with Gasteiger partial charge in [0, 0.05) is 38.1 Å². The second-order valence-electron chi connectivity index (χ2n) is 7.28. The van der Waals surface area contributed by atoms with E-state index in [4.69, 9.17) is 16.7 Å². The molecule has 0 bridgehead atoms. The molecule has 0 radical (unpaired) electrons. The number of benzene rings is 1. The maximum absolute atomic E-state index is 11.7. The molecule has 30 heavy (non-hydrogen) atoms. The molecule has 0 spiro atoms. The minimum absolute atomic E-state index is 0.364. The van der Waals surface area contributed by atoms with Crippen molar-refractivity contribution in [2.75, 3.05) is 41.7 Å². The molecule has 0 unspecified atom stereocenters. The van der Waals surface area contributed by atoms with Gasteiger partial charge < -0.3 is 26.5 Å². The highest BCUT2D eigenvalue weighted by atomic mass is 32.1. The number of amides is 1. The van der Waals surface area contributed by atoms with Crippen molar-refractivity contribution < 1.29 is 10.0 Å². The first-order chi connectivity index (χ1) is 14.5. The zero-order chi connectivity index (χ0) is 21.3. The lowest BCUT2D eigenvalue weighted by Gasteiger charge is -2.25. The molecule has 3 aromatic rings. The number of fused-ring (bicyclic) bond motifs is 1. The second kappa shape index (κ2) is 8.19. The van der Waals surface area contributed by atoms with Crippen LogP contribution in [0.2, 0.25) is 0 Å². The van der Waals surface area contributed by atoms with Crippen LogP contribution in [0, 0.1) is 0 Å². The summed E-state index contributed by atoms with van der Waals surface area (Å²) in [6.07, 6.45) is 2.74. The number of nitrogens with zero attached hydrogens (tertiary/aromatic N) is 4. The molecule has 8 nitrogen and oxygen atoms in total. The number of pyridine rings is 1. The molecule has 156 valence electrons. The number of carbonyl (C=O) groups excluding carboxylic acids is 1. The maximum Gasteiger partial charge on any atom is 0.260 e. The van der Waals surface area contributed by atoms with E-state index in [1.54, 1.807) is 13.1 Å². The molecule has 0 atom stereocenters. The SMILES string of the molecule is C/C(=N\O)c1ccc(N2CCCN(c3ccnc4sc(C(N)=O)c(N)c34)CC2)cc1. The molecular formula is C21H24N6O2S. The fraction of sp³-hybridized carbons (Fsp3) is 0.286. The third kappa shape index (κ3) is 3.63. The molecule has 5 N–H and O–H groups in total. The monoisotopic (exact) mass is 424 g/mol. The number of primary amides is 1. The van der Waals surface area contributed by atoms with Gasteiger partial charge >= 0.3 is 0 Å². The average Bonchev–Trinajstić information content (AvgIpc) is 2.94. The van der Waals surface area contributed by atoms with Crippen LogP contribution in [0.25, 0.3) is 10.2 Å². The van der Waals surface area contributed by atoms with Gasteiger partial charge in [-0.15, -0.1) is 11.3 Å². The van der Waals surface area contributed by atoms with Crippen LogP contribution in [0.1, 0.15) is 28.6 Å². The first kappa shape index (κ1) is 20.0. The van der Waals surface area contributed by atoms with E-state index in [1.807, 2.05) is 18.2 Å². The van der Waals surface area contributed by atoms with Crippen molar-refractivity contribution in [2.45, 2.75) is 13.3 Å². The molecule has 1 amide bonds. The number of anilines is 3. The maximum atomic E-state index is 11.7. The van der Waals surface area contributed by atoms with Gasteiger partial charge in [0.1, 0.15) is 9.71 Å².